The molecule has 1 nitrogen and oxygen atoms in total. The van der Waals surface area contributed by atoms with Crippen LogP contribution in [0.1, 0.15) is 56.4 Å². The van der Waals surface area contributed by atoms with Crippen molar-refractivity contribution >= 4 is 5.57 Å². The second kappa shape index (κ2) is 7.27. The predicted molar refractivity (Wildman–Crippen MR) is 132 cm³/mol. The van der Waals surface area contributed by atoms with Gasteiger partial charge in [-0.15, -0.1) is 0 Å². The van der Waals surface area contributed by atoms with Crippen molar-refractivity contribution in [1.29, 1.82) is 0 Å². The molecule has 6 rings (SSSR count). The number of fused-ring (bicyclic) bond motifs is 9. The quantitative estimate of drug-likeness (QED) is 0.471. The van der Waals surface area contributed by atoms with E-state index in [2.05, 4.69) is 99.0 Å². The number of nitrogens with one attached hydrogen (secondary N) is 1. The molecular formula is C30H31N. The summed E-state index contributed by atoms with van der Waals surface area (Å²) in [7, 11) is 2.08. The molecule has 3 aromatic rings. The number of rotatable bonds is 2. The molecule has 3 aromatic carbocycles. The molecule has 0 fully saturated rings. The molecular weight excluding hydrogens is 374 g/mol. The van der Waals surface area contributed by atoms with Crippen LogP contribution in [0.15, 0.2) is 89.6 Å². The van der Waals surface area contributed by atoms with Crippen LogP contribution in [0.25, 0.3) is 16.7 Å². The molecule has 3 aliphatic rings. The lowest BCUT2D eigenvalue weighted by Gasteiger charge is -2.35. The third kappa shape index (κ3) is 2.27. The minimum absolute atomic E-state index is 0.181. The topological polar surface area (TPSA) is 12.0 Å². The lowest BCUT2D eigenvalue weighted by molar-refractivity contribution is 0.599. The summed E-state index contributed by atoms with van der Waals surface area (Å²) in [5, 5.41) is 3.57. The molecule has 3 aliphatic carbocycles. The van der Waals surface area contributed by atoms with Crippen LogP contribution in [-0.2, 0) is 5.41 Å². The zero-order valence-electron chi connectivity index (χ0n) is 19.2. The van der Waals surface area contributed by atoms with Gasteiger partial charge >= 0.3 is 0 Å². The summed E-state index contributed by atoms with van der Waals surface area (Å²) in [5.41, 5.74) is 14.2. The predicted octanol–water partition coefficient (Wildman–Crippen LogP) is 7.33. The van der Waals surface area contributed by atoms with Gasteiger partial charge in [-0.05, 0) is 57.9 Å². The zero-order chi connectivity index (χ0) is 21.8. The van der Waals surface area contributed by atoms with Crippen molar-refractivity contribution in [3.8, 4) is 11.1 Å². The van der Waals surface area contributed by atoms with Crippen LogP contribution in [0.4, 0.5) is 0 Å². The van der Waals surface area contributed by atoms with E-state index in [-0.39, 0.29) is 5.41 Å². The van der Waals surface area contributed by atoms with E-state index in [1.165, 1.54) is 50.2 Å². The number of likely N-dealkylation sites (N-methyl/N-ethyl adjacent to an activating group) is 1. The Morgan fingerprint density at radius 1 is 0.742 bits per heavy atom. The third-order valence-electron chi connectivity index (χ3n) is 7.40. The summed E-state index contributed by atoms with van der Waals surface area (Å²) in [6.45, 7) is 8.65. The maximum atomic E-state index is 3.57. The van der Waals surface area contributed by atoms with Gasteiger partial charge in [0, 0.05) is 24.2 Å². The van der Waals surface area contributed by atoms with Crippen molar-refractivity contribution in [2.75, 3.05) is 7.05 Å². The van der Waals surface area contributed by atoms with Crippen molar-refractivity contribution in [1.82, 2.24) is 5.32 Å². The van der Waals surface area contributed by atoms with Gasteiger partial charge in [0.15, 0.2) is 0 Å². The van der Waals surface area contributed by atoms with Gasteiger partial charge < -0.3 is 5.32 Å². The van der Waals surface area contributed by atoms with E-state index in [0.717, 1.165) is 6.42 Å². The standard InChI is InChI=1S/C28H25N.C2H6/c1-4-18-17(2)27(29-3)25-21-13-7-10-16-24(21)28(26(18)25)22-14-8-5-11-19(22)20-12-6-9-15-23(20)28;1-2/h5-16,18,29H,4H2,1-3H3;1-2H3. The molecule has 0 amide bonds. The highest BCUT2D eigenvalue weighted by molar-refractivity contribution is 6.00. The third-order valence-corrected chi connectivity index (χ3v) is 7.40. The normalized spacial score (nSPS) is 18.9. The van der Waals surface area contributed by atoms with Gasteiger partial charge in [-0.25, -0.2) is 0 Å². The molecule has 1 atom stereocenters. The van der Waals surface area contributed by atoms with Gasteiger partial charge in [0.1, 0.15) is 0 Å². The Kier molecular flexibility index (Phi) is 4.66. The van der Waals surface area contributed by atoms with Crippen molar-refractivity contribution in [3.05, 3.63) is 112 Å². The Balaban J connectivity index is 0.000000994. The van der Waals surface area contributed by atoms with Crippen LogP contribution in [0.2, 0.25) is 0 Å². The Hall–Kier alpha value is -3.06. The van der Waals surface area contributed by atoms with E-state index in [1.54, 1.807) is 5.57 Å². The molecule has 1 heteroatoms. The Morgan fingerprint density at radius 2 is 1.19 bits per heavy atom. The van der Waals surface area contributed by atoms with Crippen molar-refractivity contribution in [2.45, 2.75) is 39.5 Å². The minimum Gasteiger partial charge on any atom is -0.388 e. The first-order valence-electron chi connectivity index (χ1n) is 11.7. The van der Waals surface area contributed by atoms with Crippen molar-refractivity contribution in [2.24, 2.45) is 5.92 Å². The fourth-order valence-corrected chi connectivity index (χ4v) is 6.45. The van der Waals surface area contributed by atoms with Crippen LogP contribution in [0.3, 0.4) is 0 Å². The molecule has 0 heterocycles. The van der Waals surface area contributed by atoms with Gasteiger partial charge in [0.05, 0.1) is 5.41 Å². The van der Waals surface area contributed by atoms with E-state index < -0.39 is 0 Å². The second-order valence-corrected chi connectivity index (χ2v) is 8.44. The molecule has 1 spiro atoms. The number of benzene rings is 3. The van der Waals surface area contributed by atoms with Gasteiger partial charge in [-0.3, -0.25) is 0 Å². The Morgan fingerprint density at radius 3 is 1.68 bits per heavy atom. The lowest BCUT2D eigenvalue weighted by atomic mass is 9.65. The molecule has 0 radical (unpaired) electrons. The minimum atomic E-state index is -0.181. The fourth-order valence-electron chi connectivity index (χ4n) is 6.45. The summed E-state index contributed by atoms with van der Waals surface area (Å²) in [6, 6.07) is 27.2. The van der Waals surface area contributed by atoms with E-state index in [0.29, 0.717) is 5.92 Å². The first-order chi connectivity index (χ1) is 15.2. The van der Waals surface area contributed by atoms with Gasteiger partial charge in [-0.2, -0.15) is 0 Å². The molecule has 0 saturated carbocycles. The Labute approximate surface area is 186 Å². The second-order valence-electron chi connectivity index (χ2n) is 8.44. The maximum absolute atomic E-state index is 3.57. The molecule has 1 unspecified atom stereocenters. The van der Waals surface area contributed by atoms with Gasteiger partial charge in [0.2, 0.25) is 0 Å². The Bertz CT molecular complexity index is 1200. The number of allylic oxidation sites excluding steroid dienone is 3. The molecule has 0 bridgehead atoms. The van der Waals surface area contributed by atoms with Crippen molar-refractivity contribution < 1.29 is 0 Å². The van der Waals surface area contributed by atoms with Crippen LogP contribution in [0, 0.1) is 5.92 Å². The molecule has 31 heavy (non-hydrogen) atoms. The summed E-state index contributed by atoms with van der Waals surface area (Å²) < 4.78 is 0. The number of hydrogen-bond donors (Lipinski definition) is 1. The van der Waals surface area contributed by atoms with Gasteiger partial charge in [-0.1, -0.05) is 93.6 Å². The summed E-state index contributed by atoms with van der Waals surface area (Å²) in [6.07, 6.45) is 1.12. The maximum Gasteiger partial charge on any atom is 0.0695 e. The monoisotopic (exact) mass is 405 g/mol. The van der Waals surface area contributed by atoms with Crippen molar-refractivity contribution in [3.63, 3.8) is 0 Å². The molecule has 156 valence electrons. The summed E-state index contributed by atoms with van der Waals surface area (Å²) >= 11 is 0. The SMILES string of the molecule is CC.CCC1C(C)=C(NC)C2=C1C1(c3ccccc32)c2ccccc2-c2ccccc21. The summed E-state index contributed by atoms with van der Waals surface area (Å²) in [5.74, 6) is 0.457. The lowest BCUT2D eigenvalue weighted by Crippen LogP contribution is -2.30. The van der Waals surface area contributed by atoms with Crippen LogP contribution < -0.4 is 5.32 Å². The van der Waals surface area contributed by atoms with E-state index in [9.17, 15) is 0 Å². The average Bonchev–Trinajstić information content (AvgIpc) is 3.41. The molecule has 0 aromatic heterocycles. The van der Waals surface area contributed by atoms with E-state index >= 15 is 0 Å². The van der Waals surface area contributed by atoms with E-state index in [1.807, 2.05) is 13.8 Å². The number of hydrogen-bond acceptors (Lipinski definition) is 1. The van der Waals surface area contributed by atoms with Gasteiger partial charge in [0.25, 0.3) is 0 Å². The molecule has 0 saturated heterocycles. The first kappa shape index (κ1) is 19.9. The smallest absolute Gasteiger partial charge is 0.0695 e. The fraction of sp³-hybridized carbons (Fsp3) is 0.267. The molecule has 0 aliphatic heterocycles. The first-order valence-corrected chi connectivity index (χ1v) is 11.7. The largest absolute Gasteiger partial charge is 0.388 e. The average molecular weight is 406 g/mol. The van der Waals surface area contributed by atoms with Crippen LogP contribution in [0.5, 0.6) is 0 Å². The highest BCUT2D eigenvalue weighted by Crippen LogP contribution is 2.66. The van der Waals surface area contributed by atoms with Crippen LogP contribution >= 0.6 is 0 Å². The highest BCUT2D eigenvalue weighted by Gasteiger charge is 2.56. The van der Waals surface area contributed by atoms with E-state index in [4.69, 9.17) is 0 Å². The van der Waals surface area contributed by atoms with Crippen LogP contribution in [-0.4, -0.2) is 7.05 Å². The summed E-state index contributed by atoms with van der Waals surface area (Å²) in [4.78, 5) is 0. The zero-order valence-corrected chi connectivity index (χ0v) is 19.2. The molecule has 1 N–H and O–H groups in total. The highest BCUT2D eigenvalue weighted by atomic mass is 14.9.